The number of rotatable bonds is 2. The van der Waals surface area contributed by atoms with Crippen molar-refractivity contribution < 1.29 is 9.53 Å². The Morgan fingerprint density at radius 3 is 2.42 bits per heavy atom. The Hall–Kier alpha value is -2.55. The second kappa shape index (κ2) is 4.28. The lowest BCUT2D eigenvalue weighted by Crippen LogP contribution is -1.99. The molecule has 0 amide bonds. The summed E-state index contributed by atoms with van der Waals surface area (Å²) in [6, 6.07) is 14.8. The van der Waals surface area contributed by atoms with Crippen molar-refractivity contribution in [2.75, 3.05) is 7.11 Å². The van der Waals surface area contributed by atoms with Crippen LogP contribution in [0.2, 0.25) is 0 Å². The highest BCUT2D eigenvalue weighted by Gasteiger charge is 2.29. The maximum Gasteiger partial charge on any atom is 0.196 e. The van der Waals surface area contributed by atoms with Crippen molar-refractivity contribution in [1.82, 2.24) is 0 Å². The number of fused-ring (bicyclic) bond motifs is 1. The Morgan fingerprint density at radius 2 is 1.74 bits per heavy atom. The Kier molecular flexibility index (Phi) is 2.60. The van der Waals surface area contributed by atoms with E-state index in [1.165, 1.54) is 0 Å². The highest BCUT2D eigenvalue weighted by Crippen LogP contribution is 2.37. The van der Waals surface area contributed by atoms with E-state index in [9.17, 15) is 4.79 Å². The summed E-state index contributed by atoms with van der Waals surface area (Å²) in [6.07, 6.45) is 0. The van der Waals surface area contributed by atoms with Crippen molar-refractivity contribution >= 4 is 17.1 Å². The van der Waals surface area contributed by atoms with Gasteiger partial charge >= 0.3 is 0 Å². The van der Waals surface area contributed by atoms with Gasteiger partial charge in [0, 0.05) is 11.1 Å². The van der Waals surface area contributed by atoms with Crippen LogP contribution in [0.3, 0.4) is 0 Å². The van der Waals surface area contributed by atoms with Crippen LogP contribution in [-0.4, -0.2) is 12.9 Å². The number of ketones is 1. The molecular weight excluding hydrogens is 238 g/mol. The minimum Gasteiger partial charge on any atom is -0.497 e. The summed E-state index contributed by atoms with van der Waals surface area (Å²) in [5.41, 5.74) is 9.47. The summed E-state index contributed by atoms with van der Waals surface area (Å²) in [4.78, 5) is 12.4. The third kappa shape index (κ3) is 1.71. The van der Waals surface area contributed by atoms with E-state index in [4.69, 9.17) is 10.5 Å². The fourth-order valence-electron chi connectivity index (χ4n) is 2.35. The number of Topliss-reactive ketones (excluding diaryl/α,β-unsaturated/α-hetero) is 1. The minimum absolute atomic E-state index is 0.0265. The van der Waals surface area contributed by atoms with Gasteiger partial charge < -0.3 is 10.5 Å². The first-order valence-corrected chi connectivity index (χ1v) is 6.00. The monoisotopic (exact) mass is 251 g/mol. The number of hydrogen-bond donors (Lipinski definition) is 1. The summed E-state index contributed by atoms with van der Waals surface area (Å²) >= 11 is 0. The fraction of sp³-hybridized carbons (Fsp3) is 0.0625. The van der Waals surface area contributed by atoms with Crippen molar-refractivity contribution in [3.05, 3.63) is 65.2 Å². The molecule has 0 saturated carbocycles. The summed E-state index contributed by atoms with van der Waals surface area (Å²) in [5.74, 6) is 0.671. The number of ether oxygens (including phenoxy) is 1. The Balaban J connectivity index is 2.18. The van der Waals surface area contributed by atoms with E-state index in [-0.39, 0.29) is 5.78 Å². The Morgan fingerprint density at radius 1 is 1.00 bits per heavy atom. The largest absolute Gasteiger partial charge is 0.497 e. The summed E-state index contributed by atoms with van der Waals surface area (Å²) in [5, 5.41) is 0. The highest BCUT2D eigenvalue weighted by molar-refractivity contribution is 6.39. The van der Waals surface area contributed by atoms with E-state index in [1.54, 1.807) is 25.3 Å². The third-order valence-electron chi connectivity index (χ3n) is 3.32. The number of benzene rings is 2. The van der Waals surface area contributed by atoms with Gasteiger partial charge in [-0.2, -0.15) is 0 Å². The van der Waals surface area contributed by atoms with Gasteiger partial charge in [-0.15, -0.1) is 0 Å². The molecule has 0 spiro atoms. The first-order chi connectivity index (χ1) is 9.22. The average Bonchev–Trinajstić information content (AvgIpc) is 2.71. The molecule has 1 aliphatic rings. The predicted octanol–water partition coefficient (Wildman–Crippen LogP) is 2.72. The summed E-state index contributed by atoms with van der Waals surface area (Å²) in [7, 11) is 1.59. The number of carbonyl (C=O) groups excluding carboxylic acids is 1. The molecule has 2 aromatic carbocycles. The molecule has 3 heteroatoms. The van der Waals surface area contributed by atoms with Crippen molar-refractivity contribution in [2.24, 2.45) is 5.73 Å². The number of nitrogens with two attached hydrogens (primary N) is 1. The number of allylic oxidation sites excluding steroid dienone is 1. The topological polar surface area (TPSA) is 52.3 Å². The van der Waals surface area contributed by atoms with Crippen LogP contribution in [0.15, 0.2) is 48.5 Å². The number of methoxy groups -OCH3 is 1. The van der Waals surface area contributed by atoms with Crippen LogP contribution in [0.5, 0.6) is 5.75 Å². The van der Waals surface area contributed by atoms with Gasteiger partial charge in [-0.05, 0) is 23.8 Å². The molecule has 0 heterocycles. The first-order valence-electron chi connectivity index (χ1n) is 6.00. The second-order valence-electron chi connectivity index (χ2n) is 4.40. The van der Waals surface area contributed by atoms with Gasteiger partial charge in [0.2, 0.25) is 0 Å². The van der Waals surface area contributed by atoms with Gasteiger partial charge in [0.1, 0.15) is 5.75 Å². The molecule has 1 aliphatic carbocycles. The quantitative estimate of drug-likeness (QED) is 0.892. The minimum atomic E-state index is -0.0265. The lowest BCUT2D eigenvalue weighted by atomic mass is 10.0. The van der Waals surface area contributed by atoms with E-state index < -0.39 is 0 Å². The zero-order chi connectivity index (χ0) is 13.4. The van der Waals surface area contributed by atoms with Crippen LogP contribution < -0.4 is 10.5 Å². The molecule has 0 unspecified atom stereocenters. The molecule has 0 saturated heterocycles. The van der Waals surface area contributed by atoms with E-state index in [2.05, 4.69) is 0 Å². The van der Waals surface area contributed by atoms with E-state index in [1.807, 2.05) is 30.3 Å². The van der Waals surface area contributed by atoms with Crippen molar-refractivity contribution in [3.63, 3.8) is 0 Å². The van der Waals surface area contributed by atoms with Crippen LogP contribution >= 0.6 is 0 Å². The maximum atomic E-state index is 12.4. The molecule has 0 aromatic heterocycles. The Bertz CT molecular complexity index is 687. The molecule has 94 valence electrons. The first kappa shape index (κ1) is 11.5. The van der Waals surface area contributed by atoms with Crippen LogP contribution in [0.4, 0.5) is 0 Å². The van der Waals surface area contributed by atoms with E-state index >= 15 is 0 Å². The Labute approximate surface area is 111 Å². The molecule has 3 rings (SSSR count). The molecule has 3 nitrogen and oxygen atoms in total. The number of hydrogen-bond acceptors (Lipinski definition) is 3. The molecule has 0 radical (unpaired) electrons. The van der Waals surface area contributed by atoms with E-state index in [0.717, 1.165) is 11.1 Å². The van der Waals surface area contributed by atoms with Gasteiger partial charge in [0.15, 0.2) is 5.78 Å². The zero-order valence-electron chi connectivity index (χ0n) is 10.5. The molecule has 2 aromatic rings. The molecule has 2 N–H and O–H groups in total. The van der Waals surface area contributed by atoms with Crippen LogP contribution in [0.25, 0.3) is 11.3 Å². The third-order valence-corrected chi connectivity index (χ3v) is 3.32. The van der Waals surface area contributed by atoms with Crippen LogP contribution in [-0.2, 0) is 0 Å². The molecule has 19 heavy (non-hydrogen) atoms. The fourth-order valence-corrected chi connectivity index (χ4v) is 2.35. The standard InChI is InChI=1S/C16H13NO2/c1-19-11-7-8-12-13(9-11)15(17)14(16(12)18)10-5-3-2-4-6-10/h2-9H,17H2,1H3. The second-order valence-corrected chi connectivity index (χ2v) is 4.40. The number of carbonyl (C=O) groups is 1. The zero-order valence-corrected chi connectivity index (χ0v) is 10.5. The predicted molar refractivity (Wildman–Crippen MR) is 74.8 cm³/mol. The summed E-state index contributed by atoms with van der Waals surface area (Å²) < 4.78 is 5.17. The lowest BCUT2D eigenvalue weighted by Gasteiger charge is -2.03. The molecular formula is C16H13NO2. The van der Waals surface area contributed by atoms with Gasteiger partial charge in [-0.3, -0.25) is 4.79 Å². The van der Waals surface area contributed by atoms with Crippen molar-refractivity contribution in [1.29, 1.82) is 0 Å². The molecule has 0 bridgehead atoms. The van der Waals surface area contributed by atoms with E-state index in [0.29, 0.717) is 22.6 Å². The molecule has 0 aliphatic heterocycles. The lowest BCUT2D eigenvalue weighted by molar-refractivity contribution is 0.105. The smallest absolute Gasteiger partial charge is 0.196 e. The van der Waals surface area contributed by atoms with Gasteiger partial charge in [0.25, 0.3) is 0 Å². The normalized spacial score (nSPS) is 13.6. The SMILES string of the molecule is COc1ccc2c(c1)C(N)=C(c1ccccc1)C2=O. The maximum absolute atomic E-state index is 12.4. The summed E-state index contributed by atoms with van der Waals surface area (Å²) in [6.45, 7) is 0. The highest BCUT2D eigenvalue weighted by atomic mass is 16.5. The average molecular weight is 251 g/mol. The van der Waals surface area contributed by atoms with Gasteiger partial charge in [-0.25, -0.2) is 0 Å². The van der Waals surface area contributed by atoms with Crippen LogP contribution in [0, 0.1) is 0 Å². The van der Waals surface area contributed by atoms with Crippen molar-refractivity contribution in [3.8, 4) is 5.75 Å². The van der Waals surface area contributed by atoms with Crippen LogP contribution in [0.1, 0.15) is 21.5 Å². The van der Waals surface area contributed by atoms with Gasteiger partial charge in [-0.1, -0.05) is 30.3 Å². The molecule has 0 fully saturated rings. The van der Waals surface area contributed by atoms with Crippen molar-refractivity contribution in [2.45, 2.75) is 0 Å². The van der Waals surface area contributed by atoms with Gasteiger partial charge in [0.05, 0.1) is 18.4 Å². The molecule has 0 atom stereocenters.